The molecule has 2 N–H and O–H groups in total. The fraction of sp³-hybridized carbons (Fsp3) is 0.364. The summed E-state index contributed by atoms with van der Waals surface area (Å²) in [6, 6.07) is 9.45. The Bertz CT molecular complexity index is 862. The van der Waals surface area contributed by atoms with E-state index in [1.54, 1.807) is 20.1 Å². The average Bonchev–Trinajstić information content (AvgIpc) is 2.61. The Balaban J connectivity index is 2.09. The number of ether oxygens (including phenoxy) is 2. The van der Waals surface area contributed by atoms with Crippen molar-refractivity contribution in [1.29, 1.82) is 0 Å². The number of anilines is 2. The van der Waals surface area contributed by atoms with Crippen LogP contribution in [-0.2, 0) is 16.0 Å². The Morgan fingerprint density at radius 2 is 1.71 bits per heavy atom. The third kappa shape index (κ3) is 5.57. The molecule has 6 nitrogen and oxygen atoms in total. The number of hydrogen-bond donors (Lipinski definition) is 2. The molecule has 0 aliphatic carbocycles. The van der Waals surface area contributed by atoms with Crippen LogP contribution in [0.15, 0.2) is 30.3 Å². The van der Waals surface area contributed by atoms with Crippen molar-refractivity contribution >= 4 is 23.3 Å². The van der Waals surface area contributed by atoms with Crippen LogP contribution in [0.2, 0.25) is 0 Å². The second kappa shape index (κ2) is 9.90. The molecule has 2 rings (SSSR count). The quantitative estimate of drug-likeness (QED) is 0.513. The van der Waals surface area contributed by atoms with Crippen molar-refractivity contribution in [3.63, 3.8) is 0 Å². The third-order valence-corrected chi connectivity index (χ3v) is 4.58. The summed E-state index contributed by atoms with van der Waals surface area (Å²) in [5, 5.41) is 6.06. The first kappa shape index (κ1) is 21.4. The lowest BCUT2D eigenvalue weighted by atomic mass is 9.91. The summed E-state index contributed by atoms with van der Waals surface area (Å²) in [6.07, 6.45) is -0.523. The summed E-state index contributed by atoms with van der Waals surface area (Å²) in [6.45, 7) is 8.74. The second-order valence-electron chi connectivity index (χ2n) is 6.73. The van der Waals surface area contributed by atoms with Gasteiger partial charge in [-0.1, -0.05) is 12.1 Å². The van der Waals surface area contributed by atoms with E-state index in [1.807, 2.05) is 32.0 Å². The number of nitrogens with one attached hydrogen (secondary N) is 2. The van der Waals surface area contributed by atoms with Gasteiger partial charge in [0.15, 0.2) is 5.78 Å². The Kier molecular flexibility index (Phi) is 7.58. The molecular formula is C22H28N2O4. The summed E-state index contributed by atoms with van der Waals surface area (Å²) in [4.78, 5) is 23.7. The minimum Gasteiger partial charge on any atom is -0.447 e. The number of carbonyl (C=O) groups excluding carboxylic acids is 2. The van der Waals surface area contributed by atoms with Gasteiger partial charge in [-0.3, -0.25) is 10.1 Å². The van der Waals surface area contributed by atoms with Crippen LogP contribution in [0.4, 0.5) is 16.2 Å². The van der Waals surface area contributed by atoms with E-state index in [4.69, 9.17) is 9.47 Å². The van der Waals surface area contributed by atoms with Crippen molar-refractivity contribution in [2.24, 2.45) is 0 Å². The smallest absolute Gasteiger partial charge is 0.411 e. The molecule has 0 aliphatic heterocycles. The van der Waals surface area contributed by atoms with E-state index >= 15 is 0 Å². The number of carbonyl (C=O) groups is 2. The number of Topliss-reactive ketones (excluding diaryl/α,β-unsaturated/α-hetero) is 1. The highest BCUT2D eigenvalue weighted by Crippen LogP contribution is 2.24. The first-order valence-electron chi connectivity index (χ1n) is 9.20. The zero-order chi connectivity index (χ0) is 20.7. The molecule has 150 valence electrons. The van der Waals surface area contributed by atoms with Crippen LogP contribution in [0.25, 0.3) is 0 Å². The maximum absolute atomic E-state index is 12.0. The Labute approximate surface area is 166 Å². The summed E-state index contributed by atoms with van der Waals surface area (Å²) < 4.78 is 9.86. The summed E-state index contributed by atoms with van der Waals surface area (Å²) >= 11 is 0. The standard InChI is InChI=1S/C22H28N2O4/c1-14-11-15(2)21(17(4)25)16(3)20(14)13-23-18-7-6-8-19(12-18)24-22(26)28-10-9-27-5/h6-8,11-12,23H,9-10,13H2,1-5H3,(H,24,26). The van der Waals surface area contributed by atoms with Crippen molar-refractivity contribution in [1.82, 2.24) is 0 Å². The number of rotatable bonds is 8. The molecule has 0 atom stereocenters. The lowest BCUT2D eigenvalue weighted by molar-refractivity contribution is 0.101. The van der Waals surface area contributed by atoms with Gasteiger partial charge in [0, 0.05) is 30.6 Å². The van der Waals surface area contributed by atoms with E-state index in [0.29, 0.717) is 18.8 Å². The number of hydrogen-bond acceptors (Lipinski definition) is 5. The van der Waals surface area contributed by atoms with E-state index in [-0.39, 0.29) is 12.4 Å². The number of ketones is 1. The molecule has 6 heteroatoms. The number of amides is 1. The molecule has 0 bridgehead atoms. The van der Waals surface area contributed by atoms with Gasteiger partial charge in [0.2, 0.25) is 0 Å². The molecule has 0 unspecified atom stereocenters. The summed E-state index contributed by atoms with van der Waals surface area (Å²) in [5.41, 5.74) is 6.54. The second-order valence-corrected chi connectivity index (χ2v) is 6.73. The molecule has 0 saturated carbocycles. The van der Waals surface area contributed by atoms with E-state index in [2.05, 4.69) is 23.6 Å². The van der Waals surface area contributed by atoms with Crippen molar-refractivity contribution in [3.05, 3.63) is 58.1 Å². The Morgan fingerprint density at radius 3 is 2.39 bits per heavy atom. The summed E-state index contributed by atoms with van der Waals surface area (Å²) in [7, 11) is 1.55. The van der Waals surface area contributed by atoms with Gasteiger partial charge in [-0.25, -0.2) is 4.79 Å². The van der Waals surface area contributed by atoms with Gasteiger partial charge >= 0.3 is 6.09 Å². The molecule has 0 heterocycles. The predicted octanol–water partition coefficient (Wildman–Crippen LogP) is 4.62. The Hall–Kier alpha value is -2.86. The van der Waals surface area contributed by atoms with Gasteiger partial charge in [0.25, 0.3) is 0 Å². The highest BCUT2D eigenvalue weighted by atomic mass is 16.6. The lowest BCUT2D eigenvalue weighted by Crippen LogP contribution is -2.16. The predicted molar refractivity (Wildman–Crippen MR) is 111 cm³/mol. The highest BCUT2D eigenvalue weighted by molar-refractivity contribution is 5.97. The van der Waals surface area contributed by atoms with Crippen LogP contribution < -0.4 is 10.6 Å². The SMILES string of the molecule is COCCOC(=O)Nc1cccc(NCc2c(C)cc(C)c(C(C)=O)c2C)c1. The van der Waals surface area contributed by atoms with E-state index in [9.17, 15) is 9.59 Å². The van der Waals surface area contributed by atoms with Crippen LogP contribution in [-0.4, -0.2) is 32.2 Å². The van der Waals surface area contributed by atoms with Gasteiger partial charge in [-0.15, -0.1) is 0 Å². The zero-order valence-corrected chi connectivity index (χ0v) is 17.1. The van der Waals surface area contributed by atoms with Crippen LogP contribution in [0.3, 0.4) is 0 Å². The molecule has 0 spiro atoms. The average molecular weight is 384 g/mol. The topological polar surface area (TPSA) is 76.7 Å². The number of methoxy groups -OCH3 is 1. The molecule has 0 fully saturated rings. The Morgan fingerprint density at radius 1 is 1.00 bits per heavy atom. The molecule has 1 amide bonds. The maximum atomic E-state index is 12.0. The molecule has 28 heavy (non-hydrogen) atoms. The van der Waals surface area contributed by atoms with E-state index < -0.39 is 6.09 Å². The first-order chi connectivity index (χ1) is 13.3. The molecular weight excluding hydrogens is 356 g/mol. The minimum atomic E-state index is -0.523. The normalized spacial score (nSPS) is 10.5. The van der Waals surface area contributed by atoms with Crippen molar-refractivity contribution in [2.45, 2.75) is 34.2 Å². The fourth-order valence-corrected chi connectivity index (χ4v) is 3.31. The maximum Gasteiger partial charge on any atom is 0.411 e. The van der Waals surface area contributed by atoms with Gasteiger partial charge in [-0.05, 0) is 68.1 Å². The first-order valence-corrected chi connectivity index (χ1v) is 9.20. The molecule has 0 saturated heterocycles. The molecule has 0 radical (unpaired) electrons. The molecule has 0 aromatic heterocycles. The van der Waals surface area contributed by atoms with E-state index in [1.165, 1.54) is 0 Å². The van der Waals surface area contributed by atoms with Gasteiger partial charge in [0.1, 0.15) is 6.61 Å². The van der Waals surface area contributed by atoms with Crippen LogP contribution in [0, 0.1) is 20.8 Å². The molecule has 2 aromatic rings. The van der Waals surface area contributed by atoms with Crippen molar-refractivity contribution in [3.8, 4) is 0 Å². The monoisotopic (exact) mass is 384 g/mol. The van der Waals surface area contributed by atoms with Gasteiger partial charge in [-0.2, -0.15) is 0 Å². The number of aryl methyl sites for hydroxylation is 2. The van der Waals surface area contributed by atoms with E-state index in [0.717, 1.165) is 33.5 Å². The minimum absolute atomic E-state index is 0.0782. The zero-order valence-electron chi connectivity index (χ0n) is 17.1. The van der Waals surface area contributed by atoms with Crippen LogP contribution >= 0.6 is 0 Å². The highest BCUT2D eigenvalue weighted by Gasteiger charge is 2.14. The largest absolute Gasteiger partial charge is 0.447 e. The van der Waals surface area contributed by atoms with Crippen LogP contribution in [0.5, 0.6) is 0 Å². The number of benzene rings is 2. The summed E-state index contributed by atoms with van der Waals surface area (Å²) in [5.74, 6) is 0.0782. The van der Waals surface area contributed by atoms with Crippen molar-refractivity contribution < 1.29 is 19.1 Å². The molecule has 2 aromatic carbocycles. The van der Waals surface area contributed by atoms with Crippen LogP contribution in [0.1, 0.15) is 39.5 Å². The molecule has 0 aliphatic rings. The van der Waals surface area contributed by atoms with Gasteiger partial charge < -0.3 is 14.8 Å². The van der Waals surface area contributed by atoms with Crippen molar-refractivity contribution in [2.75, 3.05) is 31.0 Å². The lowest BCUT2D eigenvalue weighted by Gasteiger charge is -2.17. The third-order valence-electron chi connectivity index (χ3n) is 4.58. The van der Waals surface area contributed by atoms with Gasteiger partial charge in [0.05, 0.1) is 6.61 Å². The fourth-order valence-electron chi connectivity index (χ4n) is 3.31.